The molecule has 0 unspecified atom stereocenters. The minimum atomic E-state index is -3.70. The fourth-order valence-electron chi connectivity index (χ4n) is 3.06. The van der Waals surface area contributed by atoms with E-state index in [9.17, 15) is 8.42 Å². The lowest BCUT2D eigenvalue weighted by Crippen LogP contribution is -2.23. The van der Waals surface area contributed by atoms with Gasteiger partial charge in [-0.15, -0.1) is 0 Å². The molecule has 3 aromatic carbocycles. The van der Waals surface area contributed by atoms with Crippen LogP contribution in [0.2, 0.25) is 10.0 Å². The molecule has 1 aromatic heterocycles. The number of benzene rings is 3. The maximum atomic E-state index is 12.7. The maximum absolute atomic E-state index is 12.7. The van der Waals surface area contributed by atoms with Gasteiger partial charge in [-0.3, -0.25) is 0 Å². The lowest BCUT2D eigenvalue weighted by Gasteiger charge is -2.10. The fourth-order valence-corrected chi connectivity index (χ4v) is 4.60. The van der Waals surface area contributed by atoms with Gasteiger partial charge >= 0.3 is 0 Å². The van der Waals surface area contributed by atoms with Crippen LogP contribution in [-0.2, 0) is 16.6 Å². The minimum Gasteiger partial charge on any atom is -0.439 e. The molecular formula is C24H18Cl2N2O3S. The molecule has 0 amide bonds. The first kappa shape index (κ1) is 22.3. The van der Waals surface area contributed by atoms with Crippen LogP contribution in [0.25, 0.3) is 11.1 Å². The Kier molecular flexibility index (Phi) is 6.77. The molecule has 4 aromatic rings. The number of pyridine rings is 1. The molecule has 5 nitrogen and oxygen atoms in total. The largest absolute Gasteiger partial charge is 0.439 e. The van der Waals surface area contributed by atoms with Gasteiger partial charge in [-0.05, 0) is 65.2 Å². The van der Waals surface area contributed by atoms with Crippen molar-refractivity contribution < 1.29 is 13.2 Å². The molecule has 0 bridgehead atoms. The van der Waals surface area contributed by atoms with E-state index in [1.807, 2.05) is 12.1 Å². The third-order valence-corrected chi connectivity index (χ3v) is 6.44. The Bertz CT molecular complexity index is 1310. The number of nitrogens with zero attached hydrogens (tertiary/aromatic N) is 1. The molecule has 0 aliphatic heterocycles. The van der Waals surface area contributed by atoms with E-state index in [0.717, 1.165) is 16.7 Å². The monoisotopic (exact) mass is 484 g/mol. The Labute approximate surface area is 196 Å². The summed E-state index contributed by atoms with van der Waals surface area (Å²) >= 11 is 12.1. The number of ether oxygens (including phenoxy) is 1. The van der Waals surface area contributed by atoms with Crippen molar-refractivity contribution in [2.24, 2.45) is 0 Å². The second-order valence-corrected chi connectivity index (χ2v) is 9.56. The molecule has 0 saturated heterocycles. The Morgan fingerprint density at radius 2 is 1.56 bits per heavy atom. The molecule has 4 rings (SSSR count). The van der Waals surface area contributed by atoms with Gasteiger partial charge in [0.05, 0.1) is 4.90 Å². The standard InChI is InChI=1S/C24H18Cl2N2O3S/c25-20-13-19(14-21(26)15-20)18-7-9-23(10-8-18)32(29,30)28-16-17-4-3-5-22(12-17)31-24-6-1-2-11-27-24/h1-15,28H,16H2. The summed E-state index contributed by atoms with van der Waals surface area (Å²) in [5, 5.41) is 1.03. The number of rotatable bonds is 7. The molecule has 0 aliphatic rings. The van der Waals surface area contributed by atoms with Crippen molar-refractivity contribution in [3.8, 4) is 22.8 Å². The molecule has 0 radical (unpaired) electrons. The molecule has 162 valence electrons. The Hall–Kier alpha value is -2.90. The number of sulfonamides is 1. The molecular weight excluding hydrogens is 467 g/mol. The minimum absolute atomic E-state index is 0.118. The lowest BCUT2D eigenvalue weighted by atomic mass is 10.1. The number of nitrogens with one attached hydrogen (secondary N) is 1. The van der Waals surface area contributed by atoms with E-state index in [-0.39, 0.29) is 11.4 Å². The molecule has 0 aliphatic carbocycles. The molecule has 0 saturated carbocycles. The van der Waals surface area contributed by atoms with Crippen molar-refractivity contribution in [3.05, 3.63) is 107 Å². The first-order chi connectivity index (χ1) is 15.4. The van der Waals surface area contributed by atoms with Crippen LogP contribution in [0.3, 0.4) is 0 Å². The van der Waals surface area contributed by atoms with E-state index < -0.39 is 10.0 Å². The van der Waals surface area contributed by atoms with Crippen molar-refractivity contribution >= 4 is 33.2 Å². The van der Waals surface area contributed by atoms with Crippen molar-refractivity contribution in [3.63, 3.8) is 0 Å². The number of aromatic nitrogens is 1. The molecule has 0 fully saturated rings. The van der Waals surface area contributed by atoms with E-state index in [2.05, 4.69) is 9.71 Å². The summed E-state index contributed by atoms with van der Waals surface area (Å²) in [4.78, 5) is 4.28. The lowest BCUT2D eigenvalue weighted by molar-refractivity contribution is 0.462. The quantitative estimate of drug-likeness (QED) is 0.332. The van der Waals surface area contributed by atoms with Crippen molar-refractivity contribution in [2.45, 2.75) is 11.4 Å². The number of halogens is 2. The van der Waals surface area contributed by atoms with Crippen molar-refractivity contribution in [2.75, 3.05) is 0 Å². The van der Waals surface area contributed by atoms with E-state index >= 15 is 0 Å². The third-order valence-electron chi connectivity index (χ3n) is 4.59. The summed E-state index contributed by atoms with van der Waals surface area (Å²) in [5.74, 6) is 1.04. The van der Waals surface area contributed by atoms with E-state index in [4.69, 9.17) is 27.9 Å². The topological polar surface area (TPSA) is 68.3 Å². The molecule has 1 heterocycles. The Balaban J connectivity index is 1.45. The fraction of sp³-hybridized carbons (Fsp3) is 0.0417. The second kappa shape index (κ2) is 9.71. The molecule has 0 spiro atoms. The predicted octanol–water partition coefficient (Wildman–Crippen LogP) is 6.33. The molecule has 1 N–H and O–H groups in total. The molecule has 32 heavy (non-hydrogen) atoms. The zero-order chi connectivity index (χ0) is 22.6. The summed E-state index contributed by atoms with van der Waals surface area (Å²) in [6.45, 7) is 0.118. The first-order valence-electron chi connectivity index (χ1n) is 9.63. The van der Waals surface area contributed by atoms with Gasteiger partial charge < -0.3 is 4.74 Å². The van der Waals surface area contributed by atoms with Crippen LogP contribution in [0.4, 0.5) is 0 Å². The number of hydrogen-bond donors (Lipinski definition) is 1. The van der Waals surface area contributed by atoms with Crippen molar-refractivity contribution in [1.82, 2.24) is 9.71 Å². The zero-order valence-electron chi connectivity index (χ0n) is 16.7. The van der Waals surface area contributed by atoms with Crippen LogP contribution in [0.1, 0.15) is 5.56 Å². The summed E-state index contributed by atoms with van der Waals surface area (Å²) in [6, 6.07) is 24.3. The van der Waals surface area contributed by atoms with E-state index in [1.165, 1.54) is 0 Å². The summed E-state index contributed by atoms with van der Waals surface area (Å²) < 4.78 is 33.8. The zero-order valence-corrected chi connectivity index (χ0v) is 19.0. The van der Waals surface area contributed by atoms with Gasteiger partial charge in [-0.2, -0.15) is 0 Å². The van der Waals surface area contributed by atoms with Crippen LogP contribution in [-0.4, -0.2) is 13.4 Å². The van der Waals surface area contributed by atoms with Crippen LogP contribution in [0, 0.1) is 0 Å². The average Bonchev–Trinajstić information content (AvgIpc) is 2.78. The van der Waals surface area contributed by atoms with Crippen LogP contribution >= 0.6 is 23.2 Å². The van der Waals surface area contributed by atoms with Crippen molar-refractivity contribution in [1.29, 1.82) is 0 Å². The van der Waals surface area contributed by atoms with Crippen LogP contribution in [0.5, 0.6) is 11.6 Å². The van der Waals surface area contributed by atoms with Gasteiger partial charge in [0, 0.05) is 28.9 Å². The van der Waals surface area contributed by atoms with E-state index in [0.29, 0.717) is 21.7 Å². The summed E-state index contributed by atoms with van der Waals surface area (Å²) in [7, 11) is -3.70. The van der Waals surface area contributed by atoms with E-state index in [1.54, 1.807) is 79.0 Å². The highest BCUT2D eigenvalue weighted by atomic mass is 35.5. The van der Waals surface area contributed by atoms with Crippen LogP contribution < -0.4 is 9.46 Å². The van der Waals surface area contributed by atoms with Gasteiger partial charge in [0.2, 0.25) is 15.9 Å². The van der Waals surface area contributed by atoms with Gasteiger partial charge in [0.1, 0.15) is 5.75 Å². The summed E-state index contributed by atoms with van der Waals surface area (Å²) in [5.41, 5.74) is 2.38. The van der Waals surface area contributed by atoms with Gasteiger partial charge in [0.25, 0.3) is 0 Å². The maximum Gasteiger partial charge on any atom is 0.240 e. The Morgan fingerprint density at radius 3 is 2.25 bits per heavy atom. The highest BCUT2D eigenvalue weighted by Crippen LogP contribution is 2.28. The van der Waals surface area contributed by atoms with Gasteiger partial charge in [0.15, 0.2) is 0 Å². The molecule has 8 heteroatoms. The third kappa shape index (κ3) is 5.66. The Morgan fingerprint density at radius 1 is 0.812 bits per heavy atom. The smallest absolute Gasteiger partial charge is 0.240 e. The molecule has 0 atom stereocenters. The normalized spacial score (nSPS) is 11.3. The predicted molar refractivity (Wildman–Crippen MR) is 127 cm³/mol. The number of hydrogen-bond acceptors (Lipinski definition) is 4. The van der Waals surface area contributed by atoms with Gasteiger partial charge in [-0.1, -0.05) is 53.5 Å². The van der Waals surface area contributed by atoms with Crippen LogP contribution in [0.15, 0.2) is 96.0 Å². The highest BCUT2D eigenvalue weighted by molar-refractivity contribution is 7.89. The van der Waals surface area contributed by atoms with Gasteiger partial charge in [-0.25, -0.2) is 18.1 Å². The first-order valence-corrected chi connectivity index (χ1v) is 11.9. The second-order valence-electron chi connectivity index (χ2n) is 6.92. The highest BCUT2D eigenvalue weighted by Gasteiger charge is 2.14. The average molecular weight is 485 g/mol. The summed E-state index contributed by atoms with van der Waals surface area (Å²) in [6.07, 6.45) is 1.64. The SMILES string of the molecule is O=S(=O)(NCc1cccc(Oc2ccccn2)c1)c1ccc(-c2cc(Cl)cc(Cl)c2)cc1.